The number of halogens is 1. The number of hydrogen-bond acceptors (Lipinski definition) is 3. The Labute approximate surface area is 138 Å². The molecule has 0 radical (unpaired) electrons. The highest BCUT2D eigenvalue weighted by Crippen LogP contribution is 2.29. The molecule has 1 aromatic carbocycles. The third-order valence-corrected chi connectivity index (χ3v) is 5.67. The van der Waals surface area contributed by atoms with Crippen LogP contribution in [0.4, 0.5) is 0 Å². The molecule has 4 nitrogen and oxygen atoms in total. The van der Waals surface area contributed by atoms with Gasteiger partial charge >= 0.3 is 0 Å². The molecule has 2 rings (SSSR count). The van der Waals surface area contributed by atoms with Crippen molar-refractivity contribution in [2.45, 2.75) is 63.4 Å². The minimum atomic E-state index is -3.64. The summed E-state index contributed by atoms with van der Waals surface area (Å²) in [5, 5.41) is 9.64. The van der Waals surface area contributed by atoms with Gasteiger partial charge in [-0.2, -0.15) is 9.57 Å². The van der Waals surface area contributed by atoms with Gasteiger partial charge in [0, 0.05) is 11.1 Å². The van der Waals surface area contributed by atoms with Crippen molar-refractivity contribution in [2.24, 2.45) is 0 Å². The van der Waals surface area contributed by atoms with E-state index < -0.39 is 16.1 Å². The molecule has 0 bridgehead atoms. The zero-order valence-corrected chi connectivity index (χ0v) is 14.9. The van der Waals surface area contributed by atoms with Crippen LogP contribution in [0, 0.1) is 11.3 Å². The third kappa shape index (κ3) is 4.45. The Morgan fingerprint density at radius 3 is 2.32 bits per heavy atom. The first kappa shape index (κ1) is 19.0. The molecule has 1 heterocycles. The lowest BCUT2D eigenvalue weighted by atomic mass is 10.0. The predicted octanol–water partition coefficient (Wildman–Crippen LogP) is 4.21. The van der Waals surface area contributed by atoms with Gasteiger partial charge in [-0.1, -0.05) is 31.9 Å². The van der Waals surface area contributed by atoms with Crippen LogP contribution in [0.15, 0.2) is 29.2 Å². The summed E-state index contributed by atoms with van der Waals surface area (Å²) in [5.74, 6) is 0. The molecule has 0 aromatic heterocycles. The van der Waals surface area contributed by atoms with E-state index in [1.54, 1.807) is 12.1 Å². The topological polar surface area (TPSA) is 61.2 Å². The van der Waals surface area contributed by atoms with Crippen molar-refractivity contribution in [3.8, 4) is 6.07 Å². The molecular formula is C16H23ClN2O2S. The van der Waals surface area contributed by atoms with E-state index >= 15 is 0 Å². The fraction of sp³-hybridized carbons (Fsp3) is 0.562. The second-order valence-electron chi connectivity index (χ2n) is 5.42. The van der Waals surface area contributed by atoms with Crippen LogP contribution in [-0.2, 0) is 10.0 Å². The van der Waals surface area contributed by atoms with Crippen LogP contribution in [0.25, 0.3) is 0 Å². The van der Waals surface area contributed by atoms with Gasteiger partial charge in [0.1, 0.15) is 6.04 Å². The molecule has 0 amide bonds. The van der Waals surface area contributed by atoms with E-state index in [1.165, 1.54) is 22.9 Å². The molecule has 6 heteroatoms. The maximum Gasteiger partial charge on any atom is 0.244 e. The highest BCUT2D eigenvalue weighted by atomic mass is 35.5. The van der Waals surface area contributed by atoms with Crippen molar-refractivity contribution >= 4 is 21.6 Å². The molecule has 1 aliphatic rings. The number of hydrogen-bond donors (Lipinski definition) is 0. The molecule has 1 aromatic rings. The van der Waals surface area contributed by atoms with Crippen LogP contribution in [0.3, 0.4) is 0 Å². The summed E-state index contributed by atoms with van der Waals surface area (Å²) in [6.45, 7) is 6.09. The molecule has 0 aliphatic carbocycles. The maximum absolute atomic E-state index is 12.6. The zero-order valence-electron chi connectivity index (χ0n) is 13.3. The predicted molar refractivity (Wildman–Crippen MR) is 89.2 cm³/mol. The Balaban J connectivity index is 0.000000745. The average Bonchev–Trinajstić information content (AvgIpc) is 2.48. The molecule has 0 N–H and O–H groups in total. The summed E-state index contributed by atoms with van der Waals surface area (Å²) in [4.78, 5) is 0.186. The fourth-order valence-electron chi connectivity index (χ4n) is 2.42. The van der Waals surface area contributed by atoms with Crippen molar-refractivity contribution in [2.75, 3.05) is 0 Å². The van der Waals surface area contributed by atoms with Crippen molar-refractivity contribution < 1.29 is 8.42 Å². The molecule has 1 saturated heterocycles. The van der Waals surface area contributed by atoms with Gasteiger partial charge in [-0.3, -0.25) is 0 Å². The van der Waals surface area contributed by atoms with E-state index in [0.717, 1.165) is 12.8 Å². The second kappa shape index (κ2) is 8.52. The molecule has 2 atom stereocenters. The van der Waals surface area contributed by atoms with Crippen LogP contribution in [0.1, 0.15) is 46.5 Å². The molecule has 22 heavy (non-hydrogen) atoms. The van der Waals surface area contributed by atoms with Crippen molar-refractivity contribution in [1.82, 2.24) is 4.31 Å². The van der Waals surface area contributed by atoms with Crippen LogP contribution in [0.5, 0.6) is 0 Å². The fourth-order valence-corrected chi connectivity index (χ4v) is 4.34. The number of sulfonamides is 1. The Bertz CT molecular complexity index is 608. The second-order valence-corrected chi connectivity index (χ2v) is 7.70. The first-order chi connectivity index (χ1) is 10.4. The molecule has 2 unspecified atom stereocenters. The van der Waals surface area contributed by atoms with Gasteiger partial charge < -0.3 is 0 Å². The number of nitrogens with zero attached hydrogens (tertiary/aromatic N) is 2. The highest BCUT2D eigenvalue weighted by molar-refractivity contribution is 7.89. The van der Waals surface area contributed by atoms with E-state index in [1.807, 2.05) is 6.92 Å². The number of rotatable bonds is 2. The van der Waals surface area contributed by atoms with E-state index in [4.69, 9.17) is 16.9 Å². The van der Waals surface area contributed by atoms with Gasteiger partial charge in [0.25, 0.3) is 0 Å². The van der Waals surface area contributed by atoms with Crippen molar-refractivity contribution in [3.63, 3.8) is 0 Å². The molecule has 1 fully saturated rings. The molecule has 122 valence electrons. The quantitative estimate of drug-likeness (QED) is 0.808. The maximum atomic E-state index is 12.6. The van der Waals surface area contributed by atoms with Crippen LogP contribution >= 0.6 is 11.6 Å². The van der Waals surface area contributed by atoms with E-state index in [2.05, 4.69) is 19.9 Å². The van der Waals surface area contributed by atoms with Gasteiger partial charge in [-0.15, -0.1) is 0 Å². The summed E-state index contributed by atoms with van der Waals surface area (Å²) < 4.78 is 26.6. The van der Waals surface area contributed by atoms with E-state index in [0.29, 0.717) is 11.4 Å². The lowest BCUT2D eigenvalue weighted by Crippen LogP contribution is -2.48. The van der Waals surface area contributed by atoms with E-state index in [-0.39, 0.29) is 10.9 Å². The largest absolute Gasteiger partial charge is 0.244 e. The third-order valence-electron chi connectivity index (χ3n) is 3.38. The Kier molecular flexibility index (Phi) is 7.34. The smallest absolute Gasteiger partial charge is 0.207 e. The summed E-state index contributed by atoms with van der Waals surface area (Å²) in [5.41, 5.74) is 0. The Morgan fingerprint density at radius 2 is 1.82 bits per heavy atom. The minimum Gasteiger partial charge on any atom is -0.207 e. The summed E-state index contributed by atoms with van der Waals surface area (Å²) in [7, 11) is -3.64. The van der Waals surface area contributed by atoms with Gasteiger partial charge in [-0.25, -0.2) is 8.42 Å². The average molecular weight is 343 g/mol. The van der Waals surface area contributed by atoms with Gasteiger partial charge in [0.05, 0.1) is 11.0 Å². The van der Waals surface area contributed by atoms with Crippen molar-refractivity contribution in [1.29, 1.82) is 5.26 Å². The van der Waals surface area contributed by atoms with Crippen molar-refractivity contribution in [3.05, 3.63) is 29.3 Å². The van der Waals surface area contributed by atoms with E-state index in [9.17, 15) is 8.42 Å². The lowest BCUT2D eigenvalue weighted by Gasteiger charge is -2.35. The number of benzene rings is 1. The Hall–Kier alpha value is -1.09. The van der Waals surface area contributed by atoms with Crippen LogP contribution < -0.4 is 0 Å². The Morgan fingerprint density at radius 1 is 1.27 bits per heavy atom. The zero-order chi connectivity index (χ0) is 16.8. The summed E-state index contributed by atoms with van der Waals surface area (Å²) >= 11 is 5.77. The first-order valence-electron chi connectivity index (χ1n) is 7.57. The lowest BCUT2D eigenvalue weighted by molar-refractivity contribution is 0.227. The standard InChI is InChI=1S/C13H15ClN2O2S.C3H8/c1-10-3-2-4-12(9-15)16(10)19(17,18)13-7-5-11(14)6-8-13;1-3-2/h5-8,10,12H,2-4H2,1H3;3H2,1-2H3. The molecule has 0 saturated carbocycles. The number of nitriles is 1. The first-order valence-corrected chi connectivity index (χ1v) is 9.39. The monoisotopic (exact) mass is 342 g/mol. The van der Waals surface area contributed by atoms with Crippen LogP contribution in [0.2, 0.25) is 5.02 Å². The summed E-state index contributed by atoms with van der Waals surface area (Å²) in [6, 6.07) is 7.41. The van der Waals surface area contributed by atoms with Gasteiger partial charge in [-0.05, 0) is 50.5 Å². The molecular weight excluding hydrogens is 320 g/mol. The minimum absolute atomic E-state index is 0.154. The summed E-state index contributed by atoms with van der Waals surface area (Å²) in [6.07, 6.45) is 3.50. The van der Waals surface area contributed by atoms with Gasteiger partial charge in [0.15, 0.2) is 0 Å². The van der Waals surface area contributed by atoms with Crippen LogP contribution in [-0.4, -0.2) is 24.8 Å². The van der Waals surface area contributed by atoms with Gasteiger partial charge in [0.2, 0.25) is 10.0 Å². The normalized spacial score (nSPS) is 22.3. The highest BCUT2D eigenvalue weighted by Gasteiger charge is 2.37. The molecule has 1 aliphatic heterocycles. The number of piperidine rings is 1. The molecule has 0 spiro atoms. The SMILES string of the molecule is CC1CCCC(C#N)N1S(=O)(=O)c1ccc(Cl)cc1.CCC.